The molecule has 1 fully saturated rings. The third-order valence-electron chi connectivity index (χ3n) is 3.81. The monoisotopic (exact) mass is 323 g/mol. The number of nitrogens with one attached hydrogen (secondary N) is 1. The van der Waals surface area contributed by atoms with E-state index in [0.29, 0.717) is 32.1 Å². The second-order valence-corrected chi connectivity index (χ2v) is 8.13. The van der Waals surface area contributed by atoms with Gasteiger partial charge in [0.05, 0.1) is 0 Å². The lowest BCUT2D eigenvalue weighted by Gasteiger charge is -2.30. The van der Waals surface area contributed by atoms with E-state index in [1.54, 1.807) is 4.31 Å². The van der Waals surface area contributed by atoms with Crippen LogP contribution in [-0.4, -0.2) is 50.9 Å². The quantitative estimate of drug-likeness (QED) is 0.596. The Morgan fingerprint density at radius 1 is 1.20 bits per heavy atom. The third kappa shape index (κ3) is 6.76. The van der Waals surface area contributed by atoms with Crippen LogP contribution in [0.1, 0.15) is 38.5 Å². The van der Waals surface area contributed by atoms with Crippen molar-refractivity contribution < 1.29 is 8.42 Å². The highest BCUT2D eigenvalue weighted by atomic mass is 32.2. The maximum Gasteiger partial charge on any atom is 0.279 e. The van der Waals surface area contributed by atoms with E-state index in [1.165, 1.54) is 18.6 Å². The Morgan fingerprint density at radius 2 is 1.85 bits per heavy atom. The molecule has 3 N–H and O–H groups in total. The molecule has 5 nitrogen and oxygen atoms in total. The van der Waals surface area contributed by atoms with Gasteiger partial charge in [0.1, 0.15) is 0 Å². The molecule has 20 heavy (non-hydrogen) atoms. The van der Waals surface area contributed by atoms with E-state index in [1.807, 2.05) is 11.8 Å². The fourth-order valence-electron chi connectivity index (χ4n) is 2.40. The van der Waals surface area contributed by atoms with Gasteiger partial charge in [-0.25, -0.2) is 4.72 Å². The SMILES string of the molecule is CSCCCCCCNS(=O)(=O)N1CCC(CN)CC1. The number of thioether (sulfide) groups is 1. The van der Waals surface area contributed by atoms with E-state index >= 15 is 0 Å². The number of hydrogen-bond donors (Lipinski definition) is 2. The van der Waals surface area contributed by atoms with Crippen LogP contribution < -0.4 is 10.5 Å². The minimum absolute atomic E-state index is 0.484. The number of nitrogens with two attached hydrogens (primary N) is 1. The first-order valence-corrected chi connectivity index (χ1v) is 10.4. The van der Waals surface area contributed by atoms with E-state index in [-0.39, 0.29) is 0 Å². The Labute approximate surface area is 128 Å². The summed E-state index contributed by atoms with van der Waals surface area (Å²) in [6, 6.07) is 0. The average Bonchev–Trinajstić information content (AvgIpc) is 2.46. The summed E-state index contributed by atoms with van der Waals surface area (Å²) in [6.07, 6.45) is 8.30. The zero-order valence-electron chi connectivity index (χ0n) is 12.5. The molecule has 7 heteroatoms. The maximum absolute atomic E-state index is 12.1. The minimum atomic E-state index is -3.27. The highest BCUT2D eigenvalue weighted by Gasteiger charge is 2.26. The third-order valence-corrected chi connectivity index (χ3v) is 6.12. The van der Waals surface area contributed by atoms with Crippen molar-refractivity contribution in [3.63, 3.8) is 0 Å². The van der Waals surface area contributed by atoms with Crippen molar-refractivity contribution >= 4 is 22.0 Å². The zero-order valence-corrected chi connectivity index (χ0v) is 14.1. The Hall–Kier alpha value is 0.180. The Kier molecular flexibility index (Phi) is 9.11. The Bertz CT molecular complexity index is 342. The van der Waals surface area contributed by atoms with Gasteiger partial charge < -0.3 is 5.73 Å². The van der Waals surface area contributed by atoms with E-state index in [0.717, 1.165) is 25.7 Å². The molecule has 0 aliphatic carbocycles. The summed E-state index contributed by atoms with van der Waals surface area (Å²) < 4.78 is 28.5. The minimum Gasteiger partial charge on any atom is -0.330 e. The van der Waals surface area contributed by atoms with Gasteiger partial charge in [-0.15, -0.1) is 0 Å². The normalized spacial score (nSPS) is 18.5. The summed E-state index contributed by atoms with van der Waals surface area (Å²) >= 11 is 1.86. The summed E-state index contributed by atoms with van der Waals surface area (Å²) in [5.74, 6) is 1.68. The Morgan fingerprint density at radius 3 is 2.45 bits per heavy atom. The largest absolute Gasteiger partial charge is 0.330 e. The highest BCUT2D eigenvalue weighted by Crippen LogP contribution is 2.17. The van der Waals surface area contributed by atoms with Gasteiger partial charge in [0.2, 0.25) is 0 Å². The van der Waals surface area contributed by atoms with Crippen LogP contribution in [0.5, 0.6) is 0 Å². The van der Waals surface area contributed by atoms with Gasteiger partial charge in [0.25, 0.3) is 10.2 Å². The molecule has 1 rings (SSSR count). The number of hydrogen-bond acceptors (Lipinski definition) is 4. The zero-order chi connectivity index (χ0) is 14.8. The molecule has 0 atom stereocenters. The first kappa shape index (κ1) is 18.2. The van der Waals surface area contributed by atoms with Crippen LogP contribution in [0.25, 0.3) is 0 Å². The Balaban J connectivity index is 2.15. The number of nitrogens with zero attached hydrogens (tertiary/aromatic N) is 1. The summed E-state index contributed by atoms with van der Waals surface area (Å²) in [4.78, 5) is 0. The molecule has 0 spiro atoms. The number of rotatable bonds is 10. The molecule has 1 saturated heterocycles. The van der Waals surface area contributed by atoms with Crippen molar-refractivity contribution in [3.8, 4) is 0 Å². The van der Waals surface area contributed by atoms with Crippen molar-refractivity contribution in [1.29, 1.82) is 0 Å². The molecule has 0 saturated carbocycles. The topological polar surface area (TPSA) is 75.4 Å². The van der Waals surface area contributed by atoms with Crippen LogP contribution >= 0.6 is 11.8 Å². The van der Waals surface area contributed by atoms with E-state index < -0.39 is 10.2 Å². The molecule has 120 valence electrons. The summed E-state index contributed by atoms with van der Waals surface area (Å²) in [5.41, 5.74) is 5.62. The van der Waals surface area contributed by atoms with Crippen LogP contribution in [0, 0.1) is 5.92 Å². The lowest BCUT2D eigenvalue weighted by Crippen LogP contribution is -2.46. The smallest absolute Gasteiger partial charge is 0.279 e. The van der Waals surface area contributed by atoms with Gasteiger partial charge in [0.15, 0.2) is 0 Å². The van der Waals surface area contributed by atoms with Gasteiger partial charge in [0, 0.05) is 19.6 Å². The first-order valence-electron chi connectivity index (χ1n) is 7.54. The summed E-state index contributed by atoms with van der Waals surface area (Å²) in [5, 5.41) is 0. The van der Waals surface area contributed by atoms with Crippen LogP contribution in [-0.2, 0) is 10.2 Å². The molecule has 1 heterocycles. The van der Waals surface area contributed by atoms with Crippen LogP contribution in [0.3, 0.4) is 0 Å². The fraction of sp³-hybridized carbons (Fsp3) is 1.00. The number of piperidine rings is 1. The molecule has 1 aliphatic rings. The molecule has 0 aromatic carbocycles. The highest BCUT2D eigenvalue weighted by molar-refractivity contribution is 7.98. The van der Waals surface area contributed by atoms with Crippen LogP contribution in [0.4, 0.5) is 0 Å². The summed E-state index contributed by atoms with van der Waals surface area (Å²) in [7, 11) is -3.27. The molecule has 1 aliphatic heterocycles. The van der Waals surface area contributed by atoms with Crippen molar-refractivity contribution in [3.05, 3.63) is 0 Å². The predicted octanol–water partition coefficient (Wildman–Crippen LogP) is 1.41. The fourth-order valence-corrected chi connectivity index (χ4v) is 4.17. The van der Waals surface area contributed by atoms with Gasteiger partial charge in [-0.05, 0) is 50.2 Å². The lowest BCUT2D eigenvalue weighted by molar-refractivity contribution is 0.276. The van der Waals surface area contributed by atoms with Gasteiger partial charge in [-0.2, -0.15) is 24.5 Å². The van der Waals surface area contributed by atoms with E-state index in [2.05, 4.69) is 11.0 Å². The second-order valence-electron chi connectivity index (χ2n) is 5.38. The van der Waals surface area contributed by atoms with Crippen molar-refractivity contribution in [1.82, 2.24) is 9.03 Å². The molecule has 0 radical (unpaired) electrons. The molecule has 0 aromatic heterocycles. The number of unbranched alkanes of at least 4 members (excludes halogenated alkanes) is 3. The second kappa shape index (κ2) is 10.00. The average molecular weight is 324 g/mol. The first-order chi connectivity index (χ1) is 9.60. The molecular weight excluding hydrogens is 294 g/mol. The predicted molar refractivity (Wildman–Crippen MR) is 87.1 cm³/mol. The van der Waals surface area contributed by atoms with Gasteiger partial charge in [-0.1, -0.05) is 12.8 Å². The van der Waals surface area contributed by atoms with Crippen molar-refractivity contribution in [2.45, 2.75) is 38.5 Å². The van der Waals surface area contributed by atoms with Crippen molar-refractivity contribution in [2.24, 2.45) is 11.7 Å². The lowest BCUT2D eigenvalue weighted by atomic mass is 9.99. The molecule has 0 amide bonds. The molecule has 0 unspecified atom stereocenters. The van der Waals surface area contributed by atoms with E-state index in [9.17, 15) is 8.42 Å². The van der Waals surface area contributed by atoms with E-state index in [4.69, 9.17) is 5.73 Å². The van der Waals surface area contributed by atoms with Crippen LogP contribution in [0.15, 0.2) is 0 Å². The van der Waals surface area contributed by atoms with Gasteiger partial charge >= 0.3 is 0 Å². The van der Waals surface area contributed by atoms with Gasteiger partial charge in [-0.3, -0.25) is 0 Å². The summed E-state index contributed by atoms with van der Waals surface area (Å²) in [6.45, 7) is 2.42. The molecular formula is C13H29N3O2S2. The standard InChI is InChI=1S/C13H29N3O2S2/c1-19-11-5-3-2-4-8-15-20(17,18)16-9-6-13(12-14)7-10-16/h13,15H,2-12,14H2,1H3. The van der Waals surface area contributed by atoms with Crippen molar-refractivity contribution in [2.75, 3.05) is 38.2 Å². The molecule has 0 bridgehead atoms. The molecule has 0 aromatic rings. The van der Waals surface area contributed by atoms with Crippen LogP contribution in [0.2, 0.25) is 0 Å². The maximum atomic E-state index is 12.1.